The molecule has 4 nitrogen and oxygen atoms in total. The summed E-state index contributed by atoms with van der Waals surface area (Å²) in [6.45, 7) is 1.97. The summed E-state index contributed by atoms with van der Waals surface area (Å²) in [6.07, 6.45) is -3.03. The SMILES string of the molecule is CCC1CC1OC(=O)c1cc(C(F)(F)F)[nH]n1. The van der Waals surface area contributed by atoms with Gasteiger partial charge in [0.05, 0.1) is 0 Å². The zero-order valence-corrected chi connectivity index (χ0v) is 9.04. The molecule has 1 aliphatic rings. The van der Waals surface area contributed by atoms with Crippen molar-refractivity contribution in [2.24, 2.45) is 5.92 Å². The van der Waals surface area contributed by atoms with Gasteiger partial charge in [0.2, 0.25) is 0 Å². The van der Waals surface area contributed by atoms with Gasteiger partial charge in [-0.05, 0) is 18.8 Å². The Labute approximate surface area is 95.1 Å². The van der Waals surface area contributed by atoms with Gasteiger partial charge in [-0.25, -0.2) is 4.79 Å². The van der Waals surface area contributed by atoms with Crippen molar-refractivity contribution in [2.45, 2.75) is 32.0 Å². The van der Waals surface area contributed by atoms with Crippen LogP contribution in [0.3, 0.4) is 0 Å². The molecular formula is C10H11F3N2O2. The quantitative estimate of drug-likeness (QED) is 0.835. The van der Waals surface area contributed by atoms with E-state index in [1.807, 2.05) is 6.92 Å². The summed E-state index contributed by atoms with van der Waals surface area (Å²) in [7, 11) is 0. The van der Waals surface area contributed by atoms with E-state index in [2.05, 4.69) is 5.10 Å². The predicted molar refractivity (Wildman–Crippen MR) is 51.2 cm³/mol. The van der Waals surface area contributed by atoms with Gasteiger partial charge < -0.3 is 4.74 Å². The molecule has 1 aromatic rings. The van der Waals surface area contributed by atoms with Crippen LogP contribution in [-0.2, 0) is 10.9 Å². The highest BCUT2D eigenvalue weighted by Gasteiger charge is 2.40. The summed E-state index contributed by atoms with van der Waals surface area (Å²) in [4.78, 5) is 11.4. The molecule has 1 N–H and O–H groups in total. The maximum Gasteiger partial charge on any atom is 0.432 e. The first kappa shape index (κ1) is 11.9. The van der Waals surface area contributed by atoms with Gasteiger partial charge in [0.25, 0.3) is 0 Å². The Hall–Kier alpha value is -1.53. The third-order valence-corrected chi connectivity index (χ3v) is 2.73. The second-order valence-electron chi connectivity index (χ2n) is 4.01. The monoisotopic (exact) mass is 248 g/mol. The number of nitrogens with zero attached hydrogens (tertiary/aromatic N) is 1. The van der Waals surface area contributed by atoms with E-state index in [1.165, 1.54) is 0 Å². The number of carbonyl (C=O) groups excluding carboxylic acids is 1. The highest BCUT2D eigenvalue weighted by molar-refractivity contribution is 5.87. The van der Waals surface area contributed by atoms with Gasteiger partial charge in [0.15, 0.2) is 5.69 Å². The minimum atomic E-state index is -4.53. The molecule has 0 radical (unpaired) electrons. The topological polar surface area (TPSA) is 55.0 Å². The van der Waals surface area contributed by atoms with Crippen molar-refractivity contribution >= 4 is 5.97 Å². The first-order valence-electron chi connectivity index (χ1n) is 5.25. The number of ether oxygens (including phenoxy) is 1. The van der Waals surface area contributed by atoms with E-state index in [4.69, 9.17) is 4.74 Å². The van der Waals surface area contributed by atoms with Crippen LogP contribution in [0.5, 0.6) is 0 Å². The largest absolute Gasteiger partial charge is 0.457 e. The van der Waals surface area contributed by atoms with Crippen molar-refractivity contribution in [2.75, 3.05) is 0 Å². The fourth-order valence-electron chi connectivity index (χ4n) is 1.56. The molecule has 1 aliphatic carbocycles. The number of H-pyrrole nitrogens is 1. The van der Waals surface area contributed by atoms with Crippen LogP contribution in [0.1, 0.15) is 35.9 Å². The number of hydrogen-bond donors (Lipinski definition) is 1. The summed E-state index contributed by atoms with van der Waals surface area (Å²) in [5, 5.41) is 5.06. The molecule has 0 amide bonds. The minimum Gasteiger partial charge on any atom is -0.457 e. The predicted octanol–water partition coefficient (Wildman–Crippen LogP) is 2.38. The molecule has 7 heteroatoms. The van der Waals surface area contributed by atoms with Gasteiger partial charge in [-0.2, -0.15) is 18.3 Å². The molecule has 0 spiro atoms. The molecule has 1 saturated carbocycles. The van der Waals surface area contributed by atoms with Gasteiger partial charge in [-0.3, -0.25) is 5.10 Å². The summed E-state index contributed by atoms with van der Waals surface area (Å²) >= 11 is 0. The van der Waals surface area contributed by atoms with Crippen LogP contribution in [0.25, 0.3) is 0 Å². The van der Waals surface area contributed by atoms with Crippen molar-refractivity contribution in [3.8, 4) is 0 Å². The number of alkyl halides is 3. The summed E-state index contributed by atoms with van der Waals surface area (Å²) in [5.41, 5.74) is -1.38. The van der Waals surface area contributed by atoms with Crippen LogP contribution in [0.15, 0.2) is 6.07 Å². The molecule has 94 valence electrons. The highest BCUT2D eigenvalue weighted by atomic mass is 19.4. The van der Waals surface area contributed by atoms with E-state index >= 15 is 0 Å². The van der Waals surface area contributed by atoms with Crippen LogP contribution in [0, 0.1) is 5.92 Å². The Morgan fingerprint density at radius 3 is 2.82 bits per heavy atom. The van der Waals surface area contributed by atoms with Crippen molar-refractivity contribution in [3.05, 3.63) is 17.5 Å². The lowest BCUT2D eigenvalue weighted by molar-refractivity contribution is -0.141. The lowest BCUT2D eigenvalue weighted by Gasteiger charge is -2.01. The highest BCUT2D eigenvalue weighted by Crippen LogP contribution is 2.37. The average Bonchev–Trinajstić information content (AvgIpc) is 2.79. The van der Waals surface area contributed by atoms with Gasteiger partial charge in [-0.15, -0.1) is 0 Å². The van der Waals surface area contributed by atoms with Crippen LogP contribution in [-0.4, -0.2) is 22.3 Å². The molecule has 1 heterocycles. The second-order valence-corrected chi connectivity index (χ2v) is 4.01. The van der Waals surface area contributed by atoms with Crippen molar-refractivity contribution in [1.82, 2.24) is 10.2 Å². The molecule has 0 aromatic carbocycles. The van der Waals surface area contributed by atoms with Crippen LogP contribution >= 0.6 is 0 Å². The molecule has 0 saturated heterocycles. The number of rotatable bonds is 3. The normalized spacial score (nSPS) is 23.5. The van der Waals surface area contributed by atoms with E-state index in [1.54, 1.807) is 5.10 Å². The van der Waals surface area contributed by atoms with E-state index < -0.39 is 17.8 Å². The molecule has 2 unspecified atom stereocenters. The van der Waals surface area contributed by atoms with Gasteiger partial charge >= 0.3 is 12.1 Å². The summed E-state index contributed by atoms with van der Waals surface area (Å²) in [6, 6.07) is 0.658. The number of aromatic nitrogens is 2. The Kier molecular flexibility index (Phi) is 2.84. The summed E-state index contributed by atoms with van der Waals surface area (Å²) < 4.78 is 41.7. The number of hydrogen-bond acceptors (Lipinski definition) is 3. The molecular weight excluding hydrogens is 237 g/mol. The van der Waals surface area contributed by atoms with Crippen LogP contribution < -0.4 is 0 Å². The molecule has 0 bridgehead atoms. The number of nitrogens with one attached hydrogen (secondary N) is 1. The first-order valence-corrected chi connectivity index (χ1v) is 5.25. The van der Waals surface area contributed by atoms with Gasteiger partial charge in [-0.1, -0.05) is 6.92 Å². The number of esters is 1. The maximum atomic E-state index is 12.2. The fraction of sp³-hybridized carbons (Fsp3) is 0.600. The van der Waals surface area contributed by atoms with Crippen LogP contribution in [0.2, 0.25) is 0 Å². The van der Waals surface area contributed by atoms with E-state index in [-0.39, 0.29) is 11.8 Å². The van der Waals surface area contributed by atoms with Crippen molar-refractivity contribution < 1.29 is 22.7 Å². The van der Waals surface area contributed by atoms with Crippen LogP contribution in [0.4, 0.5) is 13.2 Å². The van der Waals surface area contributed by atoms with E-state index in [0.717, 1.165) is 12.8 Å². The number of halogens is 3. The molecule has 1 fully saturated rings. The van der Waals surface area contributed by atoms with E-state index in [0.29, 0.717) is 12.0 Å². The zero-order chi connectivity index (χ0) is 12.6. The number of carbonyl (C=O) groups is 1. The third-order valence-electron chi connectivity index (χ3n) is 2.73. The maximum absolute atomic E-state index is 12.2. The average molecular weight is 248 g/mol. The lowest BCUT2D eigenvalue weighted by Crippen LogP contribution is -2.08. The standard InChI is InChI=1S/C10H11F3N2O2/c1-2-5-3-7(5)17-9(16)6-4-8(15-14-6)10(11,12)13/h4-5,7H,2-3H2,1H3,(H,14,15). The number of aromatic amines is 1. The molecule has 0 aliphatic heterocycles. The smallest absolute Gasteiger partial charge is 0.432 e. The Balaban J connectivity index is 1.98. The Morgan fingerprint density at radius 1 is 1.65 bits per heavy atom. The molecule has 2 atom stereocenters. The van der Waals surface area contributed by atoms with Crippen molar-refractivity contribution in [1.29, 1.82) is 0 Å². The minimum absolute atomic E-state index is 0.168. The molecule has 2 rings (SSSR count). The third kappa shape index (κ3) is 2.59. The fourth-order valence-corrected chi connectivity index (χ4v) is 1.56. The zero-order valence-electron chi connectivity index (χ0n) is 9.04. The van der Waals surface area contributed by atoms with E-state index in [9.17, 15) is 18.0 Å². The lowest BCUT2D eigenvalue weighted by atomic mass is 10.3. The molecule has 1 aromatic heterocycles. The molecule has 17 heavy (non-hydrogen) atoms. The summed E-state index contributed by atoms with van der Waals surface area (Å²) in [5.74, 6) is -0.474. The Morgan fingerprint density at radius 2 is 2.35 bits per heavy atom. The second kappa shape index (κ2) is 4.05. The van der Waals surface area contributed by atoms with Gasteiger partial charge in [0, 0.05) is 6.07 Å². The first-order chi connectivity index (χ1) is 7.91. The Bertz CT molecular complexity index is 427. The van der Waals surface area contributed by atoms with Crippen molar-refractivity contribution in [3.63, 3.8) is 0 Å². The van der Waals surface area contributed by atoms with Gasteiger partial charge in [0.1, 0.15) is 11.8 Å².